The summed E-state index contributed by atoms with van der Waals surface area (Å²) in [7, 11) is 0. The Morgan fingerprint density at radius 3 is 2.62 bits per heavy atom. The molecule has 9 nitrogen and oxygen atoms in total. The Bertz CT molecular complexity index is 1140. The van der Waals surface area contributed by atoms with Crippen LogP contribution in [0.1, 0.15) is 17.5 Å². The van der Waals surface area contributed by atoms with E-state index in [0.717, 1.165) is 10.6 Å². The largest absolute Gasteiger partial charge is 0.610 e. The molecule has 166 valence electrons. The second-order valence-electron chi connectivity index (χ2n) is 7.29. The summed E-state index contributed by atoms with van der Waals surface area (Å²) in [5, 5.41) is 34.9. The molecule has 1 unspecified atom stereocenters. The fraction of sp³-hybridized carbons (Fsp3) is 0.182. The number of para-hydroxylation sites is 1. The standard InChI is InChI=1S/C22H19ClN3O6/c1-14-6-8-15(9-7-14)22(28)12-17(19-10-11-21(32-19)26(29)30)24-25(22)20(27)13-31-18-5-3-2-4-16(18)23/h2-11,24,28H,12-13H2,1H3/q-1. The molecule has 2 N–H and O–H groups in total. The lowest BCUT2D eigenvalue weighted by Crippen LogP contribution is -2.51. The van der Waals surface area contributed by atoms with E-state index in [1.165, 1.54) is 12.2 Å². The third-order valence-corrected chi connectivity index (χ3v) is 5.37. The van der Waals surface area contributed by atoms with Crippen LogP contribution in [0.25, 0.3) is 0 Å². The fourth-order valence-electron chi connectivity index (χ4n) is 3.41. The van der Waals surface area contributed by atoms with Crippen LogP contribution in [0.3, 0.4) is 0 Å². The Kier molecular flexibility index (Phi) is 5.68. The number of aryl methyl sites for hydroxylation is 1. The van der Waals surface area contributed by atoms with Crippen LogP contribution < -0.4 is 10.2 Å². The van der Waals surface area contributed by atoms with Gasteiger partial charge in [-0.3, -0.25) is 10.2 Å². The highest BCUT2D eigenvalue weighted by Crippen LogP contribution is 2.38. The molecule has 2 aliphatic rings. The van der Waals surface area contributed by atoms with Crippen molar-refractivity contribution in [3.8, 4) is 5.75 Å². The summed E-state index contributed by atoms with van der Waals surface area (Å²) in [5.41, 5.74) is 2.81. The molecule has 0 bridgehead atoms. The monoisotopic (exact) mass is 456 g/mol. The predicted octanol–water partition coefficient (Wildman–Crippen LogP) is 2.81. The number of rotatable bonds is 4. The number of nitrogens with one attached hydrogen (secondary N) is 1. The Hall–Kier alpha value is -3.69. The van der Waals surface area contributed by atoms with Crippen LogP contribution in [0.4, 0.5) is 0 Å². The SMILES string of the molecule is Cc1ccc(C2(O)CC(=C3C=CC(=[N+]([O-])[O-])O3)NN2C(=O)COc2ccccc2Cl)cc1. The zero-order valence-electron chi connectivity index (χ0n) is 16.9. The van der Waals surface area contributed by atoms with Crippen LogP contribution in [0.2, 0.25) is 5.02 Å². The van der Waals surface area contributed by atoms with Gasteiger partial charge in [-0.1, -0.05) is 53.6 Å². The molecule has 1 atom stereocenters. The first kappa shape index (κ1) is 21.5. The van der Waals surface area contributed by atoms with Crippen molar-refractivity contribution in [1.82, 2.24) is 10.4 Å². The van der Waals surface area contributed by atoms with E-state index in [0.29, 0.717) is 22.0 Å². The number of nitrogens with zero attached hydrogens (tertiary/aromatic N) is 2. The molecule has 0 radical (unpaired) electrons. The minimum Gasteiger partial charge on any atom is -0.610 e. The van der Waals surface area contributed by atoms with Gasteiger partial charge in [-0.25, -0.2) is 5.01 Å². The zero-order chi connectivity index (χ0) is 22.9. The van der Waals surface area contributed by atoms with Crippen molar-refractivity contribution in [3.05, 3.63) is 98.7 Å². The molecule has 0 aromatic heterocycles. The Balaban J connectivity index is 1.64. The van der Waals surface area contributed by atoms with Gasteiger partial charge in [0.1, 0.15) is 5.75 Å². The highest BCUT2D eigenvalue weighted by molar-refractivity contribution is 6.32. The molecule has 2 aromatic rings. The quantitative estimate of drug-likeness (QED) is 0.536. The Morgan fingerprint density at radius 2 is 1.97 bits per heavy atom. The van der Waals surface area contributed by atoms with Crippen molar-refractivity contribution in [3.63, 3.8) is 0 Å². The smallest absolute Gasteiger partial charge is 0.391 e. The third kappa shape index (κ3) is 4.08. The van der Waals surface area contributed by atoms with Gasteiger partial charge in [0.05, 0.1) is 16.8 Å². The third-order valence-electron chi connectivity index (χ3n) is 5.06. The van der Waals surface area contributed by atoms with E-state index >= 15 is 0 Å². The number of ether oxygens (including phenoxy) is 2. The van der Waals surface area contributed by atoms with E-state index in [-0.39, 0.29) is 12.2 Å². The van der Waals surface area contributed by atoms with Crippen LogP contribution >= 0.6 is 11.6 Å². The maximum atomic E-state index is 13.1. The maximum absolute atomic E-state index is 13.1. The van der Waals surface area contributed by atoms with E-state index in [4.69, 9.17) is 21.1 Å². The molecule has 2 aromatic carbocycles. The van der Waals surface area contributed by atoms with E-state index in [9.17, 15) is 20.3 Å². The lowest BCUT2D eigenvalue weighted by Gasteiger charge is -2.32. The van der Waals surface area contributed by atoms with Crippen molar-refractivity contribution in [1.29, 1.82) is 0 Å². The van der Waals surface area contributed by atoms with Gasteiger partial charge >= 0.3 is 5.90 Å². The molecular weight excluding hydrogens is 438 g/mol. The molecule has 32 heavy (non-hydrogen) atoms. The summed E-state index contributed by atoms with van der Waals surface area (Å²) in [4.78, 5) is 12.4. The van der Waals surface area contributed by atoms with Crippen LogP contribution in [0, 0.1) is 17.3 Å². The van der Waals surface area contributed by atoms with Gasteiger partial charge in [-0.2, -0.15) is 0 Å². The van der Waals surface area contributed by atoms with Crippen LogP contribution in [0.15, 0.2) is 72.1 Å². The Labute approximate surface area is 188 Å². The molecule has 2 heterocycles. The molecule has 0 aliphatic carbocycles. The Morgan fingerprint density at radius 1 is 1.25 bits per heavy atom. The minimum atomic E-state index is -1.77. The molecule has 10 heteroatoms. The number of hydrazine groups is 1. The summed E-state index contributed by atoms with van der Waals surface area (Å²) in [5.74, 6) is -0.555. The minimum absolute atomic E-state index is 0.0709. The molecule has 4 rings (SSSR count). The second kappa shape index (κ2) is 8.45. The first-order valence-electron chi connectivity index (χ1n) is 9.65. The van der Waals surface area contributed by atoms with Gasteiger partial charge in [0, 0.05) is 12.0 Å². The fourth-order valence-corrected chi connectivity index (χ4v) is 3.60. The van der Waals surface area contributed by atoms with Crippen LogP contribution in [-0.2, 0) is 15.3 Å². The topological polar surface area (TPSA) is 120 Å². The number of halogens is 1. The molecule has 1 fully saturated rings. The summed E-state index contributed by atoms with van der Waals surface area (Å²) in [6.45, 7) is 1.50. The summed E-state index contributed by atoms with van der Waals surface area (Å²) >= 11 is 6.08. The van der Waals surface area contributed by atoms with Gasteiger partial charge in [0.25, 0.3) is 5.91 Å². The molecular formula is C22H19ClN3O6-. The average Bonchev–Trinajstić information content (AvgIpc) is 3.39. The molecule has 0 saturated carbocycles. The number of carbonyl (C=O) groups excluding carboxylic acids is 1. The van der Waals surface area contributed by atoms with Crippen LogP contribution in [0.5, 0.6) is 5.75 Å². The summed E-state index contributed by atoms with van der Waals surface area (Å²) in [6, 6.07) is 13.8. The van der Waals surface area contributed by atoms with Gasteiger partial charge in [0.2, 0.25) is 0 Å². The number of benzene rings is 2. The number of aliphatic hydroxyl groups is 1. The average molecular weight is 457 g/mol. The van der Waals surface area contributed by atoms with Gasteiger partial charge in [0.15, 0.2) is 18.1 Å². The van der Waals surface area contributed by atoms with Gasteiger partial charge < -0.3 is 25.0 Å². The highest BCUT2D eigenvalue weighted by atomic mass is 35.5. The summed E-state index contributed by atoms with van der Waals surface area (Å²) in [6.07, 6.45) is 2.54. The van der Waals surface area contributed by atoms with E-state index in [1.807, 2.05) is 19.1 Å². The van der Waals surface area contributed by atoms with Crippen molar-refractivity contribution >= 4 is 23.4 Å². The van der Waals surface area contributed by atoms with E-state index in [2.05, 4.69) is 5.43 Å². The van der Waals surface area contributed by atoms with E-state index < -0.39 is 29.0 Å². The molecule has 1 saturated heterocycles. The zero-order valence-corrected chi connectivity index (χ0v) is 17.7. The highest BCUT2D eigenvalue weighted by Gasteiger charge is 2.48. The molecule has 0 spiro atoms. The van der Waals surface area contributed by atoms with Gasteiger partial charge in [-0.15, -0.1) is 4.90 Å². The second-order valence-corrected chi connectivity index (χ2v) is 7.70. The number of allylic oxidation sites excluding steroid dienone is 1. The van der Waals surface area contributed by atoms with Crippen LogP contribution in [-0.4, -0.2) is 33.4 Å². The normalized spacial score (nSPS) is 22.0. The number of amides is 1. The van der Waals surface area contributed by atoms with Crippen molar-refractivity contribution in [2.75, 3.05) is 6.61 Å². The van der Waals surface area contributed by atoms with Crippen molar-refractivity contribution < 1.29 is 24.3 Å². The first-order valence-corrected chi connectivity index (χ1v) is 10.0. The number of hydrogen-bond donors (Lipinski definition) is 2. The lowest BCUT2D eigenvalue weighted by molar-refractivity contribution is -0.388. The van der Waals surface area contributed by atoms with Gasteiger partial charge in [-0.05, 0) is 25.1 Å². The first-order chi connectivity index (χ1) is 15.3. The summed E-state index contributed by atoms with van der Waals surface area (Å²) < 4.78 is 10.8. The van der Waals surface area contributed by atoms with Crippen molar-refractivity contribution in [2.24, 2.45) is 0 Å². The number of hydrogen-bond acceptors (Lipinski definition) is 7. The lowest BCUT2D eigenvalue weighted by atomic mass is 9.97. The number of carbonyl (C=O) groups is 1. The molecule has 1 amide bonds. The van der Waals surface area contributed by atoms with E-state index in [1.54, 1.807) is 36.4 Å². The van der Waals surface area contributed by atoms with Crippen molar-refractivity contribution in [2.45, 2.75) is 19.1 Å². The maximum Gasteiger partial charge on any atom is 0.391 e. The predicted molar refractivity (Wildman–Crippen MR) is 116 cm³/mol. The molecule has 2 aliphatic heterocycles.